The Morgan fingerprint density at radius 2 is 1.35 bits per heavy atom. The molecule has 12 bridgehead atoms. The van der Waals surface area contributed by atoms with Crippen LogP contribution in [0.1, 0.15) is 40.1 Å². The summed E-state index contributed by atoms with van der Waals surface area (Å²) in [6.45, 7) is 3.17. The molecule has 1 aliphatic heterocycles. The van der Waals surface area contributed by atoms with Gasteiger partial charge >= 0.3 is 0 Å². The number of para-hydroxylation sites is 3. The molecule has 324 valence electrons. The van der Waals surface area contributed by atoms with Crippen molar-refractivity contribution in [1.82, 2.24) is 18.5 Å². The second-order valence-corrected chi connectivity index (χ2v) is 17.3. The van der Waals surface area contributed by atoms with Crippen LogP contribution < -0.4 is 0 Å². The summed E-state index contributed by atoms with van der Waals surface area (Å²) >= 11 is 0. The van der Waals surface area contributed by atoms with Gasteiger partial charge < -0.3 is 22.4 Å². The van der Waals surface area contributed by atoms with Gasteiger partial charge in [-0.15, -0.1) is 29.1 Å². The molecule has 8 aromatic carbocycles. The number of nitrogens with zero attached hydrogens (tertiary/aromatic N) is 4. The predicted molar refractivity (Wildman–Crippen MR) is 267 cm³/mol. The van der Waals surface area contributed by atoms with Gasteiger partial charge in [0.25, 0.3) is 0 Å². The molecule has 0 spiro atoms. The Morgan fingerprint density at radius 1 is 0.636 bits per heavy atom. The topological polar surface area (TPSA) is 53.4 Å². The normalized spacial score (nSPS) is 13.3. The van der Waals surface area contributed by atoms with Crippen LogP contribution in [-0.2, 0) is 26.5 Å². The molecule has 5 heterocycles. The van der Waals surface area contributed by atoms with E-state index in [0.29, 0.717) is 55.0 Å². The first kappa shape index (κ1) is 34.8. The Labute approximate surface area is 404 Å². The minimum atomic E-state index is -2.61. The fourth-order valence-corrected chi connectivity index (χ4v) is 8.89. The molecular weight excluding hydrogens is 992 g/mol. The standard InChI is InChI=1S/C59H43N4O2.Pt/c1-38-30-57-60-36-52(38)41-17-11-20-45(32-41)64-44-19-10-16-40(31-44)49-23-13-22-48(39-14-6-5-7-15-39)58(49)62-37-61(54-24-8-9-25-55(54)62)43-18-12-21-46(34-43)65-47-27-28-50-51-33-42(59(2,3)4)26-29-53(51)63(57)56(50)35-47;/h5-33,36-37H,1-4H3;/q-3;/i1D3,26D,29D,33D;. The van der Waals surface area contributed by atoms with Crippen LogP contribution in [0.3, 0.4) is 0 Å². The third-order valence-electron chi connectivity index (χ3n) is 12.0. The van der Waals surface area contributed by atoms with Crippen LogP contribution in [0.5, 0.6) is 0 Å². The molecule has 0 amide bonds. The van der Waals surface area contributed by atoms with Gasteiger partial charge in [-0.1, -0.05) is 135 Å². The molecule has 6 nitrogen and oxygen atoms in total. The number of imidazole rings is 1. The molecule has 0 fully saturated rings. The second kappa shape index (κ2) is 16.2. The Kier molecular flexibility index (Phi) is 8.53. The molecule has 0 N–H and O–H groups in total. The molecule has 12 aromatic rings. The third-order valence-corrected chi connectivity index (χ3v) is 12.0. The van der Waals surface area contributed by atoms with Gasteiger partial charge in [0.2, 0.25) is 0 Å². The van der Waals surface area contributed by atoms with Crippen LogP contribution in [0, 0.1) is 19.0 Å². The number of rotatable bonds is 1. The van der Waals surface area contributed by atoms with Crippen molar-refractivity contribution in [3.63, 3.8) is 0 Å². The van der Waals surface area contributed by atoms with Gasteiger partial charge in [0.15, 0.2) is 0 Å². The predicted octanol–water partition coefficient (Wildman–Crippen LogP) is 15.6. The Balaban J connectivity index is 0.00000560. The summed E-state index contributed by atoms with van der Waals surface area (Å²) in [5.41, 5.74) is 8.06. The molecule has 0 unspecified atom stereocenters. The Morgan fingerprint density at radius 3 is 2.12 bits per heavy atom. The van der Waals surface area contributed by atoms with Gasteiger partial charge in [-0.05, 0) is 109 Å². The van der Waals surface area contributed by atoms with Crippen LogP contribution in [0.15, 0.2) is 197 Å². The molecule has 13 rings (SSSR count). The van der Waals surface area contributed by atoms with E-state index in [4.69, 9.17) is 17.9 Å². The van der Waals surface area contributed by atoms with Crippen molar-refractivity contribution in [2.45, 2.75) is 33.0 Å². The summed E-state index contributed by atoms with van der Waals surface area (Å²) in [6, 6.07) is 57.8. The van der Waals surface area contributed by atoms with E-state index in [0.717, 1.165) is 44.3 Å². The first-order valence-electron chi connectivity index (χ1n) is 24.5. The average molecular weight is 1040 g/mol. The Bertz CT molecular complexity index is 4320. The molecule has 0 atom stereocenters. The van der Waals surface area contributed by atoms with E-state index in [9.17, 15) is 4.11 Å². The molecule has 0 radical (unpaired) electrons. The zero-order valence-electron chi connectivity index (χ0n) is 42.1. The van der Waals surface area contributed by atoms with Gasteiger partial charge in [0, 0.05) is 59.8 Å². The number of hydrogen-bond donors (Lipinski definition) is 0. The summed E-state index contributed by atoms with van der Waals surface area (Å²) in [6.07, 6.45) is 3.61. The van der Waals surface area contributed by atoms with Crippen molar-refractivity contribution in [2.75, 3.05) is 0 Å². The van der Waals surface area contributed by atoms with E-state index in [-0.39, 0.29) is 55.9 Å². The van der Waals surface area contributed by atoms with E-state index >= 15 is 0 Å². The van der Waals surface area contributed by atoms with Crippen LogP contribution in [0.4, 0.5) is 0 Å². The number of fused-ring (bicyclic) bond motifs is 5. The fraction of sp³-hybridized carbons (Fsp3) is 0.0847. The van der Waals surface area contributed by atoms with Crippen LogP contribution >= 0.6 is 0 Å². The van der Waals surface area contributed by atoms with Gasteiger partial charge in [0.1, 0.15) is 16.8 Å². The van der Waals surface area contributed by atoms with Crippen molar-refractivity contribution in [1.29, 1.82) is 0 Å². The number of pyridine rings is 1. The maximum atomic E-state index is 9.60. The monoisotopic (exact) mass is 1040 g/mol. The molecule has 7 heteroatoms. The fourth-order valence-electron chi connectivity index (χ4n) is 8.89. The first-order valence-corrected chi connectivity index (χ1v) is 21.5. The van der Waals surface area contributed by atoms with E-state index in [1.54, 1.807) is 10.5 Å². The van der Waals surface area contributed by atoms with E-state index in [1.165, 1.54) is 12.3 Å². The maximum Gasteiger partial charge on any atom is 0.135 e. The minimum Gasteiger partial charge on any atom is -0.510 e. The molecule has 66 heavy (non-hydrogen) atoms. The SMILES string of the molecule is [2H]c1c(C(C)(C)C)c([2H])c2c3ccc4[c-]c3n(c3cc(C([2H])([2H])[2H])c(cn3)c3cccc(c3)oc3cccc(c3)c3cccc(-c5ccccc5)c3n3[cH-]n(c5[c-]c(ccc5)o4)-c4ccccc4-3)c2c1[2H].[Pt]. The minimum absolute atomic E-state index is 0. The maximum absolute atomic E-state index is 9.60. The summed E-state index contributed by atoms with van der Waals surface area (Å²) in [4.78, 5) is 4.91. The van der Waals surface area contributed by atoms with Gasteiger partial charge in [0.05, 0.1) is 4.11 Å². The van der Waals surface area contributed by atoms with Crippen molar-refractivity contribution in [2.24, 2.45) is 0 Å². The van der Waals surface area contributed by atoms with Crippen LogP contribution in [0.2, 0.25) is 0 Å². The number of benzene rings is 8. The largest absolute Gasteiger partial charge is 0.510 e. The van der Waals surface area contributed by atoms with E-state index < -0.39 is 12.3 Å². The smallest absolute Gasteiger partial charge is 0.135 e. The van der Waals surface area contributed by atoms with Crippen molar-refractivity contribution < 1.29 is 38.1 Å². The van der Waals surface area contributed by atoms with Gasteiger partial charge in [-0.3, -0.25) is 0 Å². The molecule has 0 saturated heterocycles. The summed E-state index contributed by atoms with van der Waals surface area (Å²) in [7, 11) is 0. The summed E-state index contributed by atoms with van der Waals surface area (Å²) in [5, 5.41) is 3.83. The summed E-state index contributed by atoms with van der Waals surface area (Å²) in [5.74, 6) is 0. The second-order valence-electron chi connectivity index (χ2n) is 17.3. The molecule has 1 aliphatic rings. The summed E-state index contributed by atoms with van der Waals surface area (Å²) < 4.78 is 74.1. The molecule has 0 saturated carbocycles. The molecular formula is C59H43N4O2Pt-3. The zero-order chi connectivity index (χ0) is 48.9. The van der Waals surface area contributed by atoms with Crippen molar-refractivity contribution in [3.05, 3.63) is 212 Å². The van der Waals surface area contributed by atoms with Crippen LogP contribution in [0.25, 0.3) is 105 Å². The molecule has 4 aromatic heterocycles. The Hall–Kier alpha value is -7.53. The van der Waals surface area contributed by atoms with E-state index in [2.05, 4.69) is 76.1 Å². The van der Waals surface area contributed by atoms with Gasteiger partial charge in [-0.25, -0.2) is 4.98 Å². The number of aromatic nitrogens is 4. The zero-order valence-corrected chi connectivity index (χ0v) is 38.4. The van der Waals surface area contributed by atoms with Crippen molar-refractivity contribution in [3.8, 4) is 22.5 Å². The number of aryl methyl sites for hydroxylation is 1. The average Bonchev–Trinajstić information content (AvgIpc) is 3.92. The third kappa shape index (κ3) is 7.10. The van der Waals surface area contributed by atoms with Crippen LogP contribution in [-0.4, -0.2) is 18.5 Å². The first-order chi connectivity index (χ1) is 34.2. The number of hydrogen-bond acceptors (Lipinski definition) is 3. The van der Waals surface area contributed by atoms with Crippen molar-refractivity contribution >= 4 is 82.4 Å². The van der Waals surface area contributed by atoms with E-state index in [1.807, 2.05) is 118 Å². The molecule has 0 aliphatic carbocycles. The quantitative estimate of drug-likeness (QED) is 0.154. The van der Waals surface area contributed by atoms with Gasteiger partial charge in [-0.2, -0.15) is 24.3 Å².